The number of carboxylic acid groups (broad SMARTS) is 1. The second-order valence-electron chi connectivity index (χ2n) is 2.29. The van der Waals surface area contributed by atoms with Crippen molar-refractivity contribution in [2.24, 2.45) is 0 Å². The van der Waals surface area contributed by atoms with Gasteiger partial charge in [0.15, 0.2) is 0 Å². The summed E-state index contributed by atoms with van der Waals surface area (Å²) in [5.41, 5.74) is 0.220. The van der Waals surface area contributed by atoms with Crippen molar-refractivity contribution in [2.45, 2.75) is 6.92 Å². The van der Waals surface area contributed by atoms with Gasteiger partial charge in [-0.05, 0) is 12.5 Å². The van der Waals surface area contributed by atoms with Gasteiger partial charge in [-0.1, -0.05) is 30.3 Å². The fourth-order valence-corrected chi connectivity index (χ4v) is 0.890. The first kappa shape index (κ1) is 18.0. The molecule has 0 aliphatic carbocycles. The third-order valence-electron chi connectivity index (χ3n) is 1.24. The molecule has 0 unspecified atom stereocenters. The molecular formula is C9H11NaO5S. The Hall–Kier alpha value is -0.400. The quantitative estimate of drug-likeness (QED) is 0.449. The van der Waals surface area contributed by atoms with Gasteiger partial charge in [0.05, 0.1) is 12.6 Å². The van der Waals surface area contributed by atoms with E-state index in [2.05, 4.69) is 4.18 Å². The SMILES string of the molecule is CCO[SH](=O)=O.O=C([O-])c1ccccc1.[Na+]. The molecule has 0 saturated heterocycles. The normalized spacial score (nSPS) is 8.62. The maximum Gasteiger partial charge on any atom is 1.00 e. The Morgan fingerprint density at radius 3 is 2.00 bits per heavy atom. The molecule has 0 aromatic heterocycles. The van der Waals surface area contributed by atoms with Crippen LogP contribution in [0.4, 0.5) is 0 Å². The monoisotopic (exact) mass is 254 g/mol. The molecule has 16 heavy (non-hydrogen) atoms. The van der Waals surface area contributed by atoms with Gasteiger partial charge in [0.25, 0.3) is 11.0 Å². The zero-order valence-corrected chi connectivity index (χ0v) is 12.0. The summed E-state index contributed by atoms with van der Waals surface area (Å²) in [5.74, 6) is -1.13. The number of aromatic carboxylic acids is 1. The number of thiol groups is 1. The minimum Gasteiger partial charge on any atom is -0.545 e. The van der Waals surface area contributed by atoms with Crippen molar-refractivity contribution in [3.8, 4) is 0 Å². The van der Waals surface area contributed by atoms with E-state index < -0.39 is 17.0 Å². The Bertz CT molecular complexity index is 355. The molecule has 84 valence electrons. The Morgan fingerprint density at radius 1 is 1.31 bits per heavy atom. The van der Waals surface area contributed by atoms with E-state index in [-0.39, 0.29) is 41.7 Å². The van der Waals surface area contributed by atoms with E-state index >= 15 is 0 Å². The Kier molecular flexibility index (Phi) is 12.5. The van der Waals surface area contributed by atoms with Gasteiger partial charge >= 0.3 is 29.6 Å². The van der Waals surface area contributed by atoms with Crippen LogP contribution in [0.3, 0.4) is 0 Å². The zero-order valence-electron chi connectivity index (χ0n) is 9.08. The summed E-state index contributed by atoms with van der Waals surface area (Å²) in [6.45, 7) is 1.85. The van der Waals surface area contributed by atoms with E-state index in [0.717, 1.165) is 0 Å². The topological polar surface area (TPSA) is 83.5 Å². The summed E-state index contributed by atoms with van der Waals surface area (Å²) < 4.78 is 22.8. The molecule has 5 nitrogen and oxygen atoms in total. The number of benzene rings is 1. The molecule has 1 rings (SSSR count). The first-order valence-electron chi connectivity index (χ1n) is 4.11. The second kappa shape index (κ2) is 11.1. The average Bonchev–Trinajstić information content (AvgIpc) is 2.20. The Balaban J connectivity index is 0. The molecule has 7 heteroatoms. The largest absolute Gasteiger partial charge is 1.00 e. The van der Waals surface area contributed by atoms with Crippen molar-refractivity contribution in [1.29, 1.82) is 0 Å². The van der Waals surface area contributed by atoms with Crippen LogP contribution in [0.1, 0.15) is 17.3 Å². The van der Waals surface area contributed by atoms with Crippen LogP contribution in [0.25, 0.3) is 0 Å². The predicted octanol–water partition coefficient (Wildman–Crippen LogP) is -3.40. The second-order valence-corrected chi connectivity index (χ2v) is 3.00. The van der Waals surface area contributed by atoms with Crippen molar-refractivity contribution in [3.63, 3.8) is 0 Å². The van der Waals surface area contributed by atoms with Crippen LogP contribution in [0, 0.1) is 0 Å². The number of hydrogen-bond acceptors (Lipinski definition) is 5. The van der Waals surface area contributed by atoms with Crippen LogP contribution in [-0.4, -0.2) is 21.0 Å². The van der Waals surface area contributed by atoms with Gasteiger partial charge in [-0.3, -0.25) is 4.18 Å². The van der Waals surface area contributed by atoms with Crippen molar-refractivity contribution < 1.29 is 52.1 Å². The van der Waals surface area contributed by atoms with Gasteiger partial charge in [-0.15, -0.1) is 0 Å². The molecule has 0 amide bonds. The summed E-state index contributed by atoms with van der Waals surface area (Å²) >= 11 is 0. The number of hydrogen-bond donors (Lipinski definition) is 1. The van der Waals surface area contributed by atoms with Crippen LogP contribution in [0.5, 0.6) is 0 Å². The molecule has 1 aromatic rings. The van der Waals surface area contributed by atoms with Gasteiger partial charge in [0.1, 0.15) is 0 Å². The van der Waals surface area contributed by atoms with Gasteiger partial charge in [-0.2, -0.15) is 0 Å². The molecule has 0 N–H and O–H groups in total. The molecule has 1 aromatic carbocycles. The zero-order chi connectivity index (χ0) is 11.7. The molecular weight excluding hydrogens is 243 g/mol. The van der Waals surface area contributed by atoms with E-state index in [1.165, 1.54) is 12.1 Å². The molecule has 0 aliphatic heterocycles. The number of carbonyl (C=O) groups excluding carboxylic acids is 1. The smallest absolute Gasteiger partial charge is 0.545 e. The van der Waals surface area contributed by atoms with Crippen LogP contribution in [-0.2, 0) is 15.2 Å². The Labute approximate surface area is 118 Å². The fraction of sp³-hybridized carbons (Fsp3) is 0.222. The minimum absolute atomic E-state index is 0. The van der Waals surface area contributed by atoms with E-state index in [1.807, 2.05) is 0 Å². The van der Waals surface area contributed by atoms with E-state index in [4.69, 9.17) is 0 Å². The van der Waals surface area contributed by atoms with E-state index in [0.29, 0.717) is 0 Å². The average molecular weight is 254 g/mol. The molecule has 0 spiro atoms. The standard InChI is InChI=1S/C7H6O2.C2H6O3S.Na/c8-7(9)6-4-2-1-3-5-6;1-2-5-6(3)4;/h1-5H,(H,8,9);6H,2H2,1H3;/q;;+1/p-1. The summed E-state index contributed by atoms with van der Waals surface area (Å²) in [6.07, 6.45) is 0. The van der Waals surface area contributed by atoms with Gasteiger partial charge in [0.2, 0.25) is 0 Å². The van der Waals surface area contributed by atoms with Gasteiger partial charge < -0.3 is 9.90 Å². The summed E-state index contributed by atoms with van der Waals surface area (Å²) in [6, 6.07) is 8.06. The van der Waals surface area contributed by atoms with Crippen LogP contribution >= 0.6 is 0 Å². The molecule has 0 aliphatic rings. The van der Waals surface area contributed by atoms with Gasteiger partial charge in [-0.25, -0.2) is 8.42 Å². The fourth-order valence-electron chi connectivity index (χ4n) is 0.680. The van der Waals surface area contributed by atoms with E-state index in [1.54, 1.807) is 25.1 Å². The van der Waals surface area contributed by atoms with Crippen molar-refractivity contribution in [2.75, 3.05) is 6.61 Å². The van der Waals surface area contributed by atoms with Crippen molar-refractivity contribution in [3.05, 3.63) is 35.9 Å². The minimum atomic E-state index is -2.60. The van der Waals surface area contributed by atoms with Crippen molar-refractivity contribution >= 4 is 17.0 Å². The first-order chi connectivity index (χ1) is 7.07. The van der Waals surface area contributed by atoms with Crippen molar-refractivity contribution in [1.82, 2.24) is 0 Å². The summed E-state index contributed by atoms with van der Waals surface area (Å²) in [5, 5.41) is 10.1. The summed E-state index contributed by atoms with van der Waals surface area (Å²) in [7, 11) is -2.60. The molecule has 0 atom stereocenters. The summed E-state index contributed by atoms with van der Waals surface area (Å²) in [4.78, 5) is 10.1. The molecule has 0 heterocycles. The van der Waals surface area contributed by atoms with E-state index in [9.17, 15) is 18.3 Å². The van der Waals surface area contributed by atoms with Crippen LogP contribution in [0.15, 0.2) is 30.3 Å². The third kappa shape index (κ3) is 10.1. The maximum atomic E-state index is 10.1. The number of carbonyl (C=O) groups is 1. The van der Waals surface area contributed by atoms with Crippen LogP contribution in [0.2, 0.25) is 0 Å². The van der Waals surface area contributed by atoms with Gasteiger partial charge in [0, 0.05) is 0 Å². The maximum absolute atomic E-state index is 10.1. The van der Waals surface area contributed by atoms with Crippen LogP contribution < -0.4 is 34.7 Å². The first-order valence-corrected chi connectivity index (χ1v) is 5.21. The Morgan fingerprint density at radius 2 is 1.81 bits per heavy atom. The number of carboxylic acids is 1. The molecule has 0 radical (unpaired) electrons. The number of rotatable bonds is 3. The molecule has 0 saturated carbocycles. The predicted molar refractivity (Wildman–Crippen MR) is 52.7 cm³/mol. The third-order valence-corrected chi connectivity index (χ3v) is 1.71. The molecule has 0 fully saturated rings. The molecule has 0 bridgehead atoms.